The van der Waals surface area contributed by atoms with Gasteiger partial charge in [0.25, 0.3) is 0 Å². The molecule has 166 valence electrons. The summed E-state index contributed by atoms with van der Waals surface area (Å²) in [6, 6.07) is 18.2. The third-order valence-corrected chi connectivity index (χ3v) is 5.82. The van der Waals surface area contributed by atoms with Crippen LogP contribution in [0, 0.1) is 6.92 Å². The largest absolute Gasteiger partial charge is 0.353 e. The second-order valence-electron chi connectivity index (χ2n) is 8.31. The van der Waals surface area contributed by atoms with E-state index in [1.807, 2.05) is 25.1 Å². The van der Waals surface area contributed by atoms with E-state index in [1.54, 1.807) is 18.1 Å². The van der Waals surface area contributed by atoms with Gasteiger partial charge in [-0.15, -0.1) is 0 Å². The van der Waals surface area contributed by atoms with E-state index in [0.717, 1.165) is 22.6 Å². The first-order chi connectivity index (χ1) is 15.5. The molecule has 1 aromatic heterocycles. The number of imidazole rings is 1. The summed E-state index contributed by atoms with van der Waals surface area (Å²) in [5.41, 5.74) is 4.41. The van der Waals surface area contributed by atoms with Crippen molar-refractivity contribution in [3.63, 3.8) is 0 Å². The molecule has 1 aliphatic heterocycles. The standard InChI is InChI=1S/C25H29N5O2/c1-18-15-27-23(28-18)17-29(2)24(31)14-22-25(32)26-12-13-30(22)16-19-8-10-21(11-9-19)20-6-4-3-5-7-20/h3-11,15,22H,12-14,16-17H2,1-2H3,(H,26,32)(H,27,28). The molecule has 0 bridgehead atoms. The summed E-state index contributed by atoms with van der Waals surface area (Å²) in [6.07, 6.45) is 1.89. The minimum Gasteiger partial charge on any atom is -0.353 e. The molecule has 2 amide bonds. The van der Waals surface area contributed by atoms with Crippen LogP contribution in [-0.4, -0.2) is 57.8 Å². The number of hydrogen-bond acceptors (Lipinski definition) is 4. The molecule has 7 heteroatoms. The third kappa shape index (κ3) is 5.23. The number of benzene rings is 2. The van der Waals surface area contributed by atoms with Crippen LogP contribution in [0.25, 0.3) is 11.1 Å². The molecular weight excluding hydrogens is 402 g/mol. The summed E-state index contributed by atoms with van der Waals surface area (Å²) in [6.45, 7) is 4.25. The van der Waals surface area contributed by atoms with Crippen molar-refractivity contribution in [3.05, 3.63) is 77.9 Å². The van der Waals surface area contributed by atoms with Crippen molar-refractivity contribution in [1.29, 1.82) is 0 Å². The molecule has 0 saturated carbocycles. The zero-order chi connectivity index (χ0) is 22.5. The van der Waals surface area contributed by atoms with E-state index in [4.69, 9.17) is 0 Å². The van der Waals surface area contributed by atoms with Gasteiger partial charge in [0.2, 0.25) is 11.8 Å². The number of nitrogens with zero attached hydrogens (tertiary/aromatic N) is 3. The topological polar surface area (TPSA) is 81.3 Å². The molecule has 1 atom stereocenters. The van der Waals surface area contributed by atoms with Gasteiger partial charge in [-0.25, -0.2) is 4.98 Å². The van der Waals surface area contributed by atoms with Crippen molar-refractivity contribution < 1.29 is 9.59 Å². The molecule has 0 radical (unpaired) electrons. The summed E-state index contributed by atoms with van der Waals surface area (Å²) < 4.78 is 0. The second-order valence-corrected chi connectivity index (χ2v) is 8.31. The fraction of sp³-hybridized carbons (Fsp3) is 0.320. The summed E-state index contributed by atoms with van der Waals surface area (Å²) in [5, 5.41) is 2.91. The highest BCUT2D eigenvalue weighted by Gasteiger charge is 2.32. The van der Waals surface area contributed by atoms with Crippen LogP contribution in [0.3, 0.4) is 0 Å². The lowest BCUT2D eigenvalue weighted by Crippen LogP contribution is -2.56. The number of rotatable bonds is 7. The summed E-state index contributed by atoms with van der Waals surface area (Å²) in [4.78, 5) is 36.6. The third-order valence-electron chi connectivity index (χ3n) is 5.82. The molecule has 0 aliphatic carbocycles. The Morgan fingerprint density at radius 3 is 2.53 bits per heavy atom. The van der Waals surface area contributed by atoms with E-state index in [2.05, 4.69) is 56.6 Å². The Morgan fingerprint density at radius 2 is 1.84 bits per heavy atom. The number of amides is 2. The quantitative estimate of drug-likeness (QED) is 0.603. The van der Waals surface area contributed by atoms with E-state index < -0.39 is 6.04 Å². The molecule has 32 heavy (non-hydrogen) atoms. The Bertz CT molecular complexity index is 1060. The van der Waals surface area contributed by atoms with Gasteiger partial charge < -0.3 is 15.2 Å². The molecule has 2 N–H and O–H groups in total. The highest BCUT2D eigenvalue weighted by Crippen LogP contribution is 2.21. The Hall–Kier alpha value is -3.45. The van der Waals surface area contributed by atoms with Gasteiger partial charge in [0.15, 0.2) is 0 Å². The number of piperazine rings is 1. The number of hydrogen-bond donors (Lipinski definition) is 2. The number of aryl methyl sites for hydroxylation is 1. The molecule has 2 heterocycles. The highest BCUT2D eigenvalue weighted by atomic mass is 16.2. The average molecular weight is 432 g/mol. The van der Waals surface area contributed by atoms with Crippen molar-refractivity contribution in [2.45, 2.75) is 32.5 Å². The molecule has 7 nitrogen and oxygen atoms in total. The zero-order valence-corrected chi connectivity index (χ0v) is 18.5. The number of nitrogens with one attached hydrogen (secondary N) is 2. The summed E-state index contributed by atoms with van der Waals surface area (Å²) in [5.74, 6) is 0.570. The minimum absolute atomic E-state index is 0.0782. The van der Waals surface area contributed by atoms with E-state index in [9.17, 15) is 9.59 Å². The maximum absolute atomic E-state index is 12.8. The normalized spacial score (nSPS) is 16.6. The molecule has 0 spiro atoms. The van der Waals surface area contributed by atoms with Crippen LogP contribution in [0.4, 0.5) is 0 Å². The van der Waals surface area contributed by atoms with Crippen LogP contribution in [0.5, 0.6) is 0 Å². The number of carbonyl (C=O) groups excluding carboxylic acids is 2. The molecule has 3 aromatic rings. The fourth-order valence-corrected chi connectivity index (χ4v) is 4.02. The predicted octanol–water partition coefficient (Wildman–Crippen LogP) is 2.73. The van der Waals surface area contributed by atoms with Crippen LogP contribution >= 0.6 is 0 Å². The van der Waals surface area contributed by atoms with Crippen molar-refractivity contribution in [1.82, 2.24) is 25.1 Å². The maximum atomic E-state index is 12.8. The fourth-order valence-electron chi connectivity index (χ4n) is 4.02. The molecule has 1 fully saturated rings. The van der Waals surface area contributed by atoms with E-state index in [-0.39, 0.29) is 18.2 Å². The lowest BCUT2D eigenvalue weighted by molar-refractivity contribution is -0.138. The van der Waals surface area contributed by atoms with Crippen LogP contribution in [0.2, 0.25) is 0 Å². The highest BCUT2D eigenvalue weighted by molar-refractivity contribution is 5.88. The molecule has 2 aromatic carbocycles. The van der Waals surface area contributed by atoms with E-state index in [1.165, 1.54) is 5.56 Å². The molecule has 4 rings (SSSR count). The summed E-state index contributed by atoms with van der Waals surface area (Å²) >= 11 is 0. The Morgan fingerprint density at radius 1 is 1.12 bits per heavy atom. The van der Waals surface area contributed by atoms with Gasteiger partial charge in [-0.1, -0.05) is 54.6 Å². The van der Waals surface area contributed by atoms with Gasteiger partial charge in [-0.05, 0) is 23.6 Å². The zero-order valence-electron chi connectivity index (χ0n) is 18.5. The van der Waals surface area contributed by atoms with Gasteiger partial charge in [0.05, 0.1) is 19.0 Å². The Kier molecular flexibility index (Phi) is 6.66. The van der Waals surface area contributed by atoms with Crippen molar-refractivity contribution >= 4 is 11.8 Å². The molecular formula is C25H29N5O2. The lowest BCUT2D eigenvalue weighted by Gasteiger charge is -2.35. The smallest absolute Gasteiger partial charge is 0.237 e. The van der Waals surface area contributed by atoms with Gasteiger partial charge in [-0.3, -0.25) is 14.5 Å². The number of H-pyrrole nitrogens is 1. The van der Waals surface area contributed by atoms with Crippen LogP contribution < -0.4 is 5.32 Å². The second kappa shape index (κ2) is 9.78. The number of carbonyl (C=O) groups is 2. The first-order valence-corrected chi connectivity index (χ1v) is 10.9. The van der Waals surface area contributed by atoms with E-state index >= 15 is 0 Å². The van der Waals surface area contributed by atoms with Crippen LogP contribution in [0.1, 0.15) is 23.5 Å². The first kappa shape index (κ1) is 21.8. The van der Waals surface area contributed by atoms with Crippen molar-refractivity contribution in [2.24, 2.45) is 0 Å². The molecule has 1 unspecified atom stereocenters. The number of aromatic amines is 1. The molecule has 1 aliphatic rings. The Labute approximate surface area is 188 Å². The van der Waals surface area contributed by atoms with Crippen LogP contribution in [0.15, 0.2) is 60.8 Å². The maximum Gasteiger partial charge on any atom is 0.237 e. The van der Waals surface area contributed by atoms with Gasteiger partial charge in [-0.2, -0.15) is 0 Å². The van der Waals surface area contributed by atoms with Gasteiger partial charge in [0.1, 0.15) is 5.82 Å². The van der Waals surface area contributed by atoms with Crippen molar-refractivity contribution in [3.8, 4) is 11.1 Å². The predicted molar refractivity (Wildman–Crippen MR) is 124 cm³/mol. The SMILES string of the molecule is Cc1cnc(CN(C)C(=O)CC2C(=O)NCCN2Cc2ccc(-c3ccccc3)cc2)[nH]1. The minimum atomic E-state index is -0.481. The lowest BCUT2D eigenvalue weighted by atomic mass is 10.0. The Balaban J connectivity index is 1.41. The number of aromatic nitrogens is 2. The van der Waals surface area contributed by atoms with Gasteiger partial charge >= 0.3 is 0 Å². The molecule has 1 saturated heterocycles. The van der Waals surface area contributed by atoms with Crippen LogP contribution in [-0.2, 0) is 22.7 Å². The van der Waals surface area contributed by atoms with Gasteiger partial charge in [0, 0.05) is 38.6 Å². The van der Waals surface area contributed by atoms with Crippen molar-refractivity contribution in [2.75, 3.05) is 20.1 Å². The summed E-state index contributed by atoms with van der Waals surface area (Å²) in [7, 11) is 1.74. The monoisotopic (exact) mass is 431 g/mol. The average Bonchev–Trinajstić information content (AvgIpc) is 3.21. The van der Waals surface area contributed by atoms with E-state index in [0.29, 0.717) is 26.2 Å². The first-order valence-electron chi connectivity index (χ1n) is 10.9.